The summed E-state index contributed by atoms with van der Waals surface area (Å²) >= 11 is 1.68. The molecule has 14 heteroatoms. The highest BCUT2D eigenvalue weighted by atomic mass is 32.1. The molecule has 1 rings (SSSR count). The van der Waals surface area contributed by atoms with E-state index in [2.05, 4.69) is 12.6 Å². The molecule has 0 aromatic carbocycles. The summed E-state index contributed by atoms with van der Waals surface area (Å²) in [5.74, 6) is -1.79. The molecule has 1 heterocycles. The Morgan fingerprint density at radius 1 is 0.700 bits per heavy atom. The van der Waals surface area contributed by atoms with Crippen molar-refractivity contribution in [1.29, 1.82) is 0 Å². The molecule has 0 saturated carbocycles. The van der Waals surface area contributed by atoms with Crippen LogP contribution in [0.1, 0.15) is 64.2 Å². The minimum atomic E-state index is -1.79. The van der Waals surface area contributed by atoms with Gasteiger partial charge in [-0.15, -0.1) is 17.9 Å². The third-order valence-corrected chi connectivity index (χ3v) is 8.52. The molecule has 12 nitrogen and oxygen atoms in total. The summed E-state index contributed by atoms with van der Waals surface area (Å²) in [6.07, 6.45) is 2.68. The minimum absolute atomic E-state index is 0.0202. The highest BCUT2D eigenvalue weighted by Gasteiger charge is 2.26. The zero-order valence-corrected chi connectivity index (χ0v) is 31.3. The molecule has 0 aliphatic heterocycles. The third kappa shape index (κ3) is 26.6. The Morgan fingerprint density at radius 3 is 1.74 bits per heavy atom. The predicted octanol–water partition coefficient (Wildman–Crippen LogP) is 3.86. The van der Waals surface area contributed by atoms with Crippen molar-refractivity contribution in [2.45, 2.75) is 102 Å². The topological polar surface area (TPSA) is 155 Å². The standard InChI is InChI=1S/C36H65FO12S/c1-5-15-42-22-30(38)26-46-28-32(40)24-44-17-10-19-49-36(4,37)14-9-18-48-35(3,6-2)13-8-16-43-23-31(39)27-47-29-33(41)25-45-20-12-34-11-7-21-50-34/h5,7,11,21,30-33,38-41H,1,6,8-10,12-20,22-29H2,2-4H3. The lowest BCUT2D eigenvalue weighted by Crippen LogP contribution is -2.30. The molecule has 6 atom stereocenters. The monoisotopic (exact) mass is 740 g/mol. The molecule has 294 valence electrons. The van der Waals surface area contributed by atoms with Gasteiger partial charge in [-0.1, -0.05) is 19.1 Å². The van der Waals surface area contributed by atoms with E-state index < -0.39 is 30.3 Å². The maximum atomic E-state index is 14.8. The van der Waals surface area contributed by atoms with Gasteiger partial charge in [0.2, 0.25) is 5.85 Å². The van der Waals surface area contributed by atoms with Gasteiger partial charge in [-0.05, 0) is 57.4 Å². The van der Waals surface area contributed by atoms with Crippen molar-refractivity contribution in [3.63, 3.8) is 0 Å². The number of halogens is 1. The van der Waals surface area contributed by atoms with Crippen molar-refractivity contribution in [2.24, 2.45) is 0 Å². The minimum Gasteiger partial charge on any atom is -0.388 e. The molecule has 4 N–H and O–H groups in total. The van der Waals surface area contributed by atoms with E-state index in [1.54, 1.807) is 17.4 Å². The summed E-state index contributed by atoms with van der Waals surface area (Å²) in [4.78, 5) is 1.24. The Bertz CT molecular complexity index is 912. The fourth-order valence-electron chi connectivity index (χ4n) is 4.57. The van der Waals surface area contributed by atoms with Crippen LogP contribution < -0.4 is 0 Å². The summed E-state index contributed by atoms with van der Waals surface area (Å²) in [6.45, 7) is 12.0. The number of thiophene rings is 1. The quantitative estimate of drug-likeness (QED) is 0.0584. The lowest BCUT2D eigenvalue weighted by Gasteiger charge is -2.29. The van der Waals surface area contributed by atoms with Crippen LogP contribution in [0.2, 0.25) is 0 Å². The van der Waals surface area contributed by atoms with Gasteiger partial charge in [-0.2, -0.15) is 0 Å². The summed E-state index contributed by atoms with van der Waals surface area (Å²) < 4.78 is 58.6. The number of rotatable bonds is 36. The third-order valence-electron chi connectivity index (χ3n) is 7.59. The Morgan fingerprint density at radius 2 is 1.20 bits per heavy atom. The Hall–Kier alpha value is -1.11. The number of ether oxygens (including phenoxy) is 8. The lowest BCUT2D eigenvalue weighted by molar-refractivity contribution is -0.145. The largest absolute Gasteiger partial charge is 0.388 e. The van der Waals surface area contributed by atoms with Gasteiger partial charge < -0.3 is 58.3 Å². The molecule has 0 aliphatic carbocycles. The smallest absolute Gasteiger partial charge is 0.206 e. The maximum Gasteiger partial charge on any atom is 0.206 e. The van der Waals surface area contributed by atoms with E-state index in [1.165, 1.54) is 11.8 Å². The van der Waals surface area contributed by atoms with Crippen molar-refractivity contribution in [1.82, 2.24) is 0 Å². The summed E-state index contributed by atoms with van der Waals surface area (Å²) in [5.41, 5.74) is -0.368. The number of hydrogen-bond acceptors (Lipinski definition) is 13. The second-order valence-corrected chi connectivity index (χ2v) is 13.8. The molecule has 1 aromatic heterocycles. The van der Waals surface area contributed by atoms with Crippen molar-refractivity contribution in [3.05, 3.63) is 35.0 Å². The molecule has 6 unspecified atom stereocenters. The van der Waals surface area contributed by atoms with Crippen LogP contribution in [0.3, 0.4) is 0 Å². The fraction of sp³-hybridized carbons (Fsp3) is 0.833. The number of hydrogen-bond donors (Lipinski definition) is 4. The molecule has 0 amide bonds. The maximum absolute atomic E-state index is 14.8. The zero-order chi connectivity index (χ0) is 36.9. The highest BCUT2D eigenvalue weighted by molar-refractivity contribution is 7.09. The van der Waals surface area contributed by atoms with Gasteiger partial charge in [0.1, 0.15) is 24.4 Å². The van der Waals surface area contributed by atoms with E-state index in [-0.39, 0.29) is 71.5 Å². The van der Waals surface area contributed by atoms with E-state index >= 15 is 0 Å². The average molecular weight is 741 g/mol. The first kappa shape index (κ1) is 46.9. The summed E-state index contributed by atoms with van der Waals surface area (Å²) in [5, 5.41) is 41.7. The highest BCUT2D eigenvalue weighted by Crippen LogP contribution is 2.24. The molecule has 50 heavy (non-hydrogen) atoms. The van der Waals surface area contributed by atoms with Crippen LogP contribution in [0.5, 0.6) is 0 Å². The van der Waals surface area contributed by atoms with Crippen LogP contribution in [-0.4, -0.2) is 149 Å². The average Bonchev–Trinajstić information content (AvgIpc) is 3.60. The fourth-order valence-corrected chi connectivity index (χ4v) is 5.26. The number of aliphatic hydroxyl groups is 4. The van der Waals surface area contributed by atoms with Crippen molar-refractivity contribution in [2.75, 3.05) is 92.5 Å². The van der Waals surface area contributed by atoms with E-state index in [0.29, 0.717) is 45.9 Å². The summed E-state index contributed by atoms with van der Waals surface area (Å²) in [6, 6.07) is 4.05. The van der Waals surface area contributed by atoms with Gasteiger partial charge in [-0.3, -0.25) is 0 Å². The first-order valence-electron chi connectivity index (χ1n) is 17.8. The van der Waals surface area contributed by atoms with Gasteiger partial charge in [0.05, 0.1) is 78.3 Å². The van der Waals surface area contributed by atoms with Crippen LogP contribution in [0.4, 0.5) is 4.39 Å². The second kappa shape index (κ2) is 29.4. The number of aliphatic hydroxyl groups excluding tert-OH is 4. The Labute approximate surface area is 302 Å². The molecule has 0 radical (unpaired) electrons. The SMILES string of the molecule is C=CCOCC(O)COCC(O)COCCCOC(C)(F)CCCOC(C)(CC)CCCOCC(O)COCC(O)COCCc1cccs1. The molecule has 0 fully saturated rings. The second-order valence-electron chi connectivity index (χ2n) is 12.7. The van der Waals surface area contributed by atoms with Gasteiger partial charge in [0.25, 0.3) is 0 Å². The van der Waals surface area contributed by atoms with Crippen molar-refractivity contribution in [3.8, 4) is 0 Å². The molecule has 0 saturated heterocycles. The van der Waals surface area contributed by atoms with Crippen LogP contribution in [0.25, 0.3) is 0 Å². The normalized spacial score (nSPS) is 16.8. The first-order chi connectivity index (χ1) is 24.0. The predicted molar refractivity (Wildman–Crippen MR) is 190 cm³/mol. The van der Waals surface area contributed by atoms with E-state index in [1.807, 2.05) is 25.3 Å². The molecule has 0 bridgehead atoms. The van der Waals surface area contributed by atoms with E-state index in [4.69, 9.17) is 37.9 Å². The van der Waals surface area contributed by atoms with E-state index in [9.17, 15) is 24.8 Å². The van der Waals surface area contributed by atoms with E-state index in [0.717, 1.165) is 25.7 Å². The zero-order valence-electron chi connectivity index (χ0n) is 30.5. The first-order valence-corrected chi connectivity index (χ1v) is 18.7. The van der Waals surface area contributed by atoms with Gasteiger partial charge >= 0.3 is 0 Å². The van der Waals surface area contributed by atoms with Crippen LogP contribution in [-0.2, 0) is 44.3 Å². The lowest BCUT2D eigenvalue weighted by atomic mass is 9.97. The van der Waals surface area contributed by atoms with Crippen LogP contribution >= 0.6 is 11.3 Å². The van der Waals surface area contributed by atoms with Crippen LogP contribution in [0, 0.1) is 0 Å². The number of alkyl halides is 1. The van der Waals surface area contributed by atoms with Gasteiger partial charge in [0, 0.05) is 37.5 Å². The van der Waals surface area contributed by atoms with Crippen LogP contribution in [0.15, 0.2) is 30.2 Å². The van der Waals surface area contributed by atoms with Gasteiger partial charge in [-0.25, -0.2) is 4.39 Å². The van der Waals surface area contributed by atoms with Gasteiger partial charge in [0.15, 0.2) is 0 Å². The Balaban J connectivity index is 2.02. The molecule has 0 aliphatic rings. The molecule has 0 spiro atoms. The Kier molecular flexibility index (Phi) is 27.5. The summed E-state index contributed by atoms with van der Waals surface area (Å²) in [7, 11) is 0. The molecule has 1 aromatic rings. The molecular formula is C36H65FO12S. The molecular weight excluding hydrogens is 675 g/mol. The van der Waals surface area contributed by atoms with Crippen molar-refractivity contribution < 1.29 is 62.7 Å². The van der Waals surface area contributed by atoms with Crippen molar-refractivity contribution >= 4 is 11.3 Å².